The Morgan fingerprint density at radius 3 is 2.75 bits per heavy atom. The monoisotopic (exact) mass is 392 g/mol. The van der Waals surface area contributed by atoms with Gasteiger partial charge in [0.2, 0.25) is 11.8 Å². The van der Waals surface area contributed by atoms with Crippen molar-refractivity contribution in [3.63, 3.8) is 0 Å². The molecule has 0 amide bonds. The number of fused-ring (bicyclic) bond motifs is 2. The minimum Gasteiger partial charge on any atom is -0.420 e. The molecule has 5 aromatic rings. The van der Waals surface area contributed by atoms with Crippen LogP contribution in [0.2, 0.25) is 5.02 Å². The summed E-state index contributed by atoms with van der Waals surface area (Å²) >= 11 is 6.26. The third kappa shape index (κ3) is 2.64. The molecule has 4 aromatic heterocycles. The Hall–Kier alpha value is -3.59. The van der Waals surface area contributed by atoms with Crippen molar-refractivity contribution in [2.45, 2.75) is 13.8 Å². The van der Waals surface area contributed by atoms with Crippen LogP contribution in [0.5, 0.6) is 11.8 Å². The Morgan fingerprint density at radius 1 is 1.00 bits per heavy atom. The Balaban J connectivity index is 1.62. The number of halogens is 1. The number of hydrogen-bond acceptors (Lipinski definition) is 7. The van der Waals surface area contributed by atoms with Gasteiger partial charge in [0.25, 0.3) is 5.78 Å². The average Bonchev–Trinajstić information content (AvgIpc) is 3.31. The molecule has 0 bridgehead atoms. The van der Waals surface area contributed by atoms with Gasteiger partial charge in [0, 0.05) is 16.8 Å². The third-order valence-electron chi connectivity index (χ3n) is 4.28. The molecule has 1 aromatic carbocycles. The molecule has 28 heavy (non-hydrogen) atoms. The highest BCUT2D eigenvalue weighted by Gasteiger charge is 2.15. The van der Waals surface area contributed by atoms with Crippen LogP contribution in [0.15, 0.2) is 43.1 Å². The number of hydrogen-bond donors (Lipinski definition) is 0. The van der Waals surface area contributed by atoms with Crippen molar-refractivity contribution >= 4 is 28.4 Å². The first-order valence-corrected chi connectivity index (χ1v) is 8.78. The standard InChI is InChI=1S/C18H13ClN8O/c1-10-3-4-12(6-14(10)19)26-16-13(7-23-26)17(21-8-20-16)28-15-5-11(2)25-18-22-9-24-27(15)18/h3-9H,1-2H3. The molecule has 0 radical (unpaired) electrons. The largest absolute Gasteiger partial charge is 0.420 e. The highest BCUT2D eigenvalue weighted by atomic mass is 35.5. The quantitative estimate of drug-likeness (QED) is 0.464. The topological polar surface area (TPSA) is 95.9 Å². The van der Waals surface area contributed by atoms with Crippen LogP contribution >= 0.6 is 11.6 Å². The Bertz CT molecular complexity index is 1340. The number of nitrogens with zero attached hydrogens (tertiary/aromatic N) is 8. The van der Waals surface area contributed by atoms with E-state index < -0.39 is 0 Å². The fourth-order valence-electron chi connectivity index (χ4n) is 2.88. The molecule has 0 aliphatic carbocycles. The van der Waals surface area contributed by atoms with Crippen LogP contribution in [0.3, 0.4) is 0 Å². The fourth-order valence-corrected chi connectivity index (χ4v) is 3.05. The Labute approximate surface area is 163 Å². The zero-order valence-electron chi connectivity index (χ0n) is 14.9. The highest BCUT2D eigenvalue weighted by molar-refractivity contribution is 6.31. The lowest BCUT2D eigenvalue weighted by atomic mass is 10.2. The molecule has 4 heterocycles. The molecule has 0 atom stereocenters. The van der Waals surface area contributed by atoms with Crippen LogP contribution in [-0.2, 0) is 0 Å². The van der Waals surface area contributed by atoms with E-state index in [0.717, 1.165) is 16.9 Å². The SMILES string of the molecule is Cc1cc(Oc2ncnc3c2cnn3-c2ccc(C)c(Cl)c2)n2ncnc2n1. The molecule has 9 nitrogen and oxygen atoms in total. The van der Waals surface area contributed by atoms with Gasteiger partial charge >= 0.3 is 0 Å². The van der Waals surface area contributed by atoms with E-state index in [0.29, 0.717) is 33.6 Å². The summed E-state index contributed by atoms with van der Waals surface area (Å²) in [6.07, 6.45) is 4.51. The van der Waals surface area contributed by atoms with Crippen LogP contribution in [0.1, 0.15) is 11.3 Å². The molecule has 5 rings (SSSR count). The van der Waals surface area contributed by atoms with E-state index in [-0.39, 0.29) is 0 Å². The van der Waals surface area contributed by atoms with Crippen molar-refractivity contribution < 1.29 is 4.74 Å². The first-order chi connectivity index (χ1) is 13.6. The van der Waals surface area contributed by atoms with Gasteiger partial charge in [-0.2, -0.15) is 19.7 Å². The second-order valence-electron chi connectivity index (χ2n) is 6.22. The van der Waals surface area contributed by atoms with Crippen molar-refractivity contribution in [3.8, 4) is 17.4 Å². The minimum atomic E-state index is 0.358. The molecule has 0 fully saturated rings. The molecular formula is C18H13ClN8O. The summed E-state index contributed by atoms with van der Waals surface area (Å²) in [6, 6.07) is 7.48. The van der Waals surface area contributed by atoms with Crippen LogP contribution in [0.25, 0.3) is 22.5 Å². The van der Waals surface area contributed by atoms with Crippen LogP contribution in [0.4, 0.5) is 0 Å². The number of ether oxygens (including phenoxy) is 1. The summed E-state index contributed by atoms with van der Waals surface area (Å²) in [7, 11) is 0. The molecule has 0 aliphatic heterocycles. The van der Waals surface area contributed by atoms with E-state index in [9.17, 15) is 0 Å². The molecular weight excluding hydrogens is 380 g/mol. The maximum Gasteiger partial charge on any atom is 0.255 e. The van der Waals surface area contributed by atoms with Gasteiger partial charge in [0.05, 0.1) is 11.9 Å². The maximum atomic E-state index is 6.26. The molecule has 0 N–H and O–H groups in total. The van der Waals surface area contributed by atoms with Crippen LogP contribution in [0, 0.1) is 13.8 Å². The molecule has 0 spiro atoms. The molecule has 0 saturated carbocycles. The second kappa shape index (κ2) is 6.24. The summed E-state index contributed by atoms with van der Waals surface area (Å²) in [4.78, 5) is 17.0. The summed E-state index contributed by atoms with van der Waals surface area (Å²) in [5.74, 6) is 1.26. The first kappa shape index (κ1) is 16.6. The van der Waals surface area contributed by atoms with E-state index >= 15 is 0 Å². The fraction of sp³-hybridized carbons (Fsp3) is 0.111. The average molecular weight is 393 g/mol. The summed E-state index contributed by atoms with van der Waals surface area (Å²) in [6.45, 7) is 3.80. The molecule has 0 aliphatic rings. The predicted molar refractivity (Wildman–Crippen MR) is 102 cm³/mol. The van der Waals surface area contributed by atoms with Gasteiger partial charge in [-0.1, -0.05) is 17.7 Å². The Morgan fingerprint density at radius 2 is 1.89 bits per heavy atom. The lowest BCUT2D eigenvalue weighted by molar-refractivity contribution is 0.433. The predicted octanol–water partition coefficient (Wildman–Crippen LogP) is 3.32. The van der Waals surface area contributed by atoms with E-state index in [1.54, 1.807) is 16.9 Å². The Kier molecular flexibility index (Phi) is 3.69. The third-order valence-corrected chi connectivity index (χ3v) is 4.68. The second-order valence-corrected chi connectivity index (χ2v) is 6.62. The van der Waals surface area contributed by atoms with Crippen molar-refractivity contribution in [3.05, 3.63) is 59.4 Å². The minimum absolute atomic E-state index is 0.358. The van der Waals surface area contributed by atoms with E-state index in [1.807, 2.05) is 32.0 Å². The van der Waals surface area contributed by atoms with Gasteiger partial charge < -0.3 is 4.74 Å². The summed E-state index contributed by atoms with van der Waals surface area (Å²) < 4.78 is 9.22. The summed E-state index contributed by atoms with van der Waals surface area (Å²) in [5.41, 5.74) is 3.15. The van der Waals surface area contributed by atoms with Gasteiger partial charge in [0.1, 0.15) is 18.0 Å². The van der Waals surface area contributed by atoms with Gasteiger partial charge in [-0.25, -0.2) is 19.6 Å². The van der Waals surface area contributed by atoms with Crippen LogP contribution < -0.4 is 4.74 Å². The van der Waals surface area contributed by atoms with Crippen molar-refractivity contribution in [2.24, 2.45) is 0 Å². The number of aromatic nitrogens is 8. The van der Waals surface area contributed by atoms with Gasteiger partial charge in [-0.3, -0.25) is 0 Å². The number of aryl methyl sites for hydroxylation is 2. The van der Waals surface area contributed by atoms with E-state index in [1.165, 1.54) is 17.2 Å². The first-order valence-electron chi connectivity index (χ1n) is 8.40. The smallest absolute Gasteiger partial charge is 0.255 e. The lowest BCUT2D eigenvalue weighted by Crippen LogP contribution is -2.01. The van der Waals surface area contributed by atoms with Gasteiger partial charge in [0.15, 0.2) is 5.65 Å². The number of rotatable bonds is 3. The van der Waals surface area contributed by atoms with Gasteiger partial charge in [-0.15, -0.1) is 0 Å². The molecule has 10 heteroatoms. The van der Waals surface area contributed by atoms with Crippen molar-refractivity contribution in [1.82, 2.24) is 39.3 Å². The van der Waals surface area contributed by atoms with E-state index in [2.05, 4.69) is 30.1 Å². The molecule has 0 unspecified atom stereocenters. The lowest BCUT2D eigenvalue weighted by Gasteiger charge is -2.08. The zero-order valence-corrected chi connectivity index (χ0v) is 15.7. The van der Waals surface area contributed by atoms with Crippen molar-refractivity contribution in [2.75, 3.05) is 0 Å². The zero-order chi connectivity index (χ0) is 19.3. The van der Waals surface area contributed by atoms with Crippen molar-refractivity contribution in [1.29, 1.82) is 0 Å². The van der Waals surface area contributed by atoms with E-state index in [4.69, 9.17) is 16.3 Å². The normalized spacial score (nSPS) is 11.4. The van der Waals surface area contributed by atoms with Gasteiger partial charge in [-0.05, 0) is 31.5 Å². The molecule has 0 saturated heterocycles. The summed E-state index contributed by atoms with van der Waals surface area (Å²) in [5, 5.41) is 9.90. The number of benzene rings is 1. The molecule has 138 valence electrons. The highest BCUT2D eigenvalue weighted by Crippen LogP contribution is 2.28. The van der Waals surface area contributed by atoms with Crippen LogP contribution in [-0.4, -0.2) is 39.3 Å². The maximum absolute atomic E-state index is 6.26.